The maximum absolute atomic E-state index is 11.5. The zero-order valence-corrected chi connectivity index (χ0v) is 11.5. The van der Waals surface area contributed by atoms with Gasteiger partial charge in [0.1, 0.15) is 0 Å². The fourth-order valence-corrected chi connectivity index (χ4v) is 1.47. The molecule has 0 aromatic carbocycles. The minimum absolute atomic E-state index is 0.0292. The van der Waals surface area contributed by atoms with Gasteiger partial charge < -0.3 is 14.4 Å². The Balaban J connectivity index is 2.86. The maximum atomic E-state index is 11.5. The Morgan fingerprint density at radius 3 is 2.53 bits per heavy atom. The number of methoxy groups -OCH3 is 2. The molecule has 19 heavy (non-hydrogen) atoms. The van der Waals surface area contributed by atoms with Crippen LogP contribution in [0, 0.1) is 0 Å². The molecule has 0 radical (unpaired) electrons. The summed E-state index contributed by atoms with van der Waals surface area (Å²) in [5, 5.41) is 7.61. The second-order valence-electron chi connectivity index (χ2n) is 4.07. The number of ether oxygens (including phenoxy) is 2. The van der Waals surface area contributed by atoms with Crippen LogP contribution in [0.15, 0.2) is 0 Å². The smallest absolute Gasteiger partial charge is 0.360 e. The predicted molar refractivity (Wildman–Crippen MR) is 65.4 cm³/mol. The summed E-state index contributed by atoms with van der Waals surface area (Å²) in [4.78, 5) is 24.5. The van der Waals surface area contributed by atoms with Crippen molar-refractivity contribution in [3.05, 3.63) is 11.4 Å². The van der Waals surface area contributed by atoms with Gasteiger partial charge in [0.05, 0.1) is 26.0 Å². The molecule has 1 aromatic rings. The molecule has 0 spiro atoms. The van der Waals surface area contributed by atoms with E-state index in [4.69, 9.17) is 4.74 Å². The first-order chi connectivity index (χ1) is 9.01. The highest BCUT2D eigenvalue weighted by molar-refractivity contribution is 5.88. The number of amides is 1. The van der Waals surface area contributed by atoms with E-state index in [0.29, 0.717) is 12.2 Å². The molecule has 0 atom stereocenters. The van der Waals surface area contributed by atoms with Crippen molar-refractivity contribution in [1.82, 2.24) is 19.9 Å². The van der Waals surface area contributed by atoms with E-state index in [1.807, 2.05) is 0 Å². The Morgan fingerprint density at radius 2 is 2.00 bits per heavy atom. The van der Waals surface area contributed by atoms with E-state index in [1.54, 1.807) is 14.1 Å². The van der Waals surface area contributed by atoms with E-state index in [1.165, 1.54) is 23.8 Å². The lowest BCUT2D eigenvalue weighted by molar-refractivity contribution is -0.128. The summed E-state index contributed by atoms with van der Waals surface area (Å²) in [5.74, 6) is -0.601. The Hall–Kier alpha value is -1.96. The summed E-state index contributed by atoms with van der Waals surface area (Å²) >= 11 is 0. The zero-order valence-electron chi connectivity index (χ0n) is 11.5. The molecule has 0 aliphatic carbocycles. The van der Waals surface area contributed by atoms with Crippen LogP contribution in [0.4, 0.5) is 0 Å². The second-order valence-corrected chi connectivity index (χ2v) is 4.07. The SMILES string of the molecule is COCc1c(C(=O)OC)nnn1CCC(=O)N(C)C. The molecule has 0 bridgehead atoms. The quantitative estimate of drug-likeness (QED) is 0.659. The molecule has 1 amide bonds. The van der Waals surface area contributed by atoms with Gasteiger partial charge in [-0.2, -0.15) is 0 Å². The summed E-state index contributed by atoms with van der Waals surface area (Å²) in [6.45, 7) is 0.507. The van der Waals surface area contributed by atoms with Crippen molar-refractivity contribution in [3.63, 3.8) is 0 Å². The lowest BCUT2D eigenvalue weighted by Crippen LogP contribution is -2.23. The number of carbonyl (C=O) groups excluding carboxylic acids is 2. The van der Waals surface area contributed by atoms with Gasteiger partial charge in [-0.25, -0.2) is 9.48 Å². The van der Waals surface area contributed by atoms with Gasteiger partial charge in [0.15, 0.2) is 5.69 Å². The first-order valence-corrected chi connectivity index (χ1v) is 5.71. The number of esters is 1. The maximum Gasteiger partial charge on any atom is 0.360 e. The Kier molecular flexibility index (Phi) is 5.43. The topological polar surface area (TPSA) is 86.5 Å². The number of aromatic nitrogens is 3. The molecule has 0 N–H and O–H groups in total. The summed E-state index contributed by atoms with van der Waals surface area (Å²) in [6, 6.07) is 0. The third-order valence-corrected chi connectivity index (χ3v) is 2.53. The monoisotopic (exact) mass is 270 g/mol. The number of carbonyl (C=O) groups is 2. The van der Waals surface area contributed by atoms with Crippen molar-refractivity contribution in [2.75, 3.05) is 28.3 Å². The van der Waals surface area contributed by atoms with Gasteiger partial charge in [-0.1, -0.05) is 5.21 Å². The summed E-state index contributed by atoms with van der Waals surface area (Å²) in [7, 11) is 6.14. The van der Waals surface area contributed by atoms with Gasteiger partial charge in [-0.15, -0.1) is 5.10 Å². The van der Waals surface area contributed by atoms with E-state index in [9.17, 15) is 9.59 Å². The van der Waals surface area contributed by atoms with Crippen molar-refractivity contribution < 1.29 is 19.1 Å². The molecule has 0 aliphatic rings. The molecule has 8 nitrogen and oxygen atoms in total. The van der Waals surface area contributed by atoms with Crippen LogP contribution < -0.4 is 0 Å². The van der Waals surface area contributed by atoms with Crippen LogP contribution in [0.25, 0.3) is 0 Å². The molecule has 0 aliphatic heterocycles. The van der Waals surface area contributed by atoms with E-state index in [2.05, 4.69) is 15.0 Å². The highest BCUT2D eigenvalue weighted by Crippen LogP contribution is 2.09. The molecule has 8 heteroatoms. The average molecular weight is 270 g/mol. The molecule has 106 valence electrons. The molecule has 1 aromatic heterocycles. The zero-order chi connectivity index (χ0) is 14.4. The molecule has 0 saturated carbocycles. The van der Waals surface area contributed by atoms with E-state index in [-0.39, 0.29) is 24.6 Å². The van der Waals surface area contributed by atoms with Crippen LogP contribution in [-0.2, 0) is 27.4 Å². The van der Waals surface area contributed by atoms with Gasteiger partial charge in [0, 0.05) is 27.6 Å². The largest absolute Gasteiger partial charge is 0.464 e. The minimum Gasteiger partial charge on any atom is -0.464 e. The molecule has 0 unspecified atom stereocenters. The third kappa shape index (κ3) is 3.75. The number of nitrogens with zero attached hydrogens (tertiary/aromatic N) is 4. The third-order valence-electron chi connectivity index (χ3n) is 2.53. The molecule has 1 rings (SSSR count). The second kappa shape index (κ2) is 6.83. The lowest BCUT2D eigenvalue weighted by Gasteiger charge is -2.11. The van der Waals surface area contributed by atoms with E-state index >= 15 is 0 Å². The van der Waals surface area contributed by atoms with Gasteiger partial charge in [-0.3, -0.25) is 4.79 Å². The van der Waals surface area contributed by atoms with Crippen LogP contribution >= 0.6 is 0 Å². The van der Waals surface area contributed by atoms with Crippen LogP contribution in [0.2, 0.25) is 0 Å². The summed E-state index contributed by atoms with van der Waals surface area (Å²) in [6.07, 6.45) is 0.272. The standard InChI is InChI=1S/C11H18N4O4/c1-14(2)9(16)5-6-15-8(7-18-3)10(12-13-15)11(17)19-4/h5-7H2,1-4H3. The van der Waals surface area contributed by atoms with E-state index in [0.717, 1.165) is 0 Å². The van der Waals surface area contributed by atoms with Crippen LogP contribution in [-0.4, -0.2) is 60.1 Å². The summed E-state index contributed by atoms with van der Waals surface area (Å²) < 4.78 is 11.1. The Morgan fingerprint density at radius 1 is 1.32 bits per heavy atom. The Labute approximate surface area is 111 Å². The van der Waals surface area contributed by atoms with Gasteiger partial charge in [0.25, 0.3) is 0 Å². The van der Waals surface area contributed by atoms with Crippen molar-refractivity contribution in [1.29, 1.82) is 0 Å². The van der Waals surface area contributed by atoms with Crippen molar-refractivity contribution >= 4 is 11.9 Å². The summed E-state index contributed by atoms with van der Waals surface area (Å²) in [5.41, 5.74) is 0.613. The molecular formula is C11H18N4O4. The van der Waals surface area contributed by atoms with Gasteiger partial charge in [0.2, 0.25) is 5.91 Å². The highest BCUT2D eigenvalue weighted by Gasteiger charge is 2.20. The van der Waals surface area contributed by atoms with Crippen molar-refractivity contribution in [2.24, 2.45) is 0 Å². The van der Waals surface area contributed by atoms with Crippen LogP contribution in [0.5, 0.6) is 0 Å². The Bertz CT molecular complexity index is 456. The number of hydrogen-bond acceptors (Lipinski definition) is 6. The molecule has 0 fully saturated rings. The van der Waals surface area contributed by atoms with Crippen LogP contribution in [0.3, 0.4) is 0 Å². The fraction of sp³-hybridized carbons (Fsp3) is 0.636. The van der Waals surface area contributed by atoms with E-state index < -0.39 is 5.97 Å². The van der Waals surface area contributed by atoms with Crippen LogP contribution in [0.1, 0.15) is 22.6 Å². The first-order valence-electron chi connectivity index (χ1n) is 5.71. The normalized spacial score (nSPS) is 10.3. The van der Waals surface area contributed by atoms with Gasteiger partial charge >= 0.3 is 5.97 Å². The lowest BCUT2D eigenvalue weighted by atomic mass is 10.3. The number of hydrogen-bond donors (Lipinski definition) is 0. The predicted octanol–water partition coefficient (Wildman–Crippen LogP) is -0.311. The first kappa shape index (κ1) is 15.1. The molecule has 0 saturated heterocycles. The van der Waals surface area contributed by atoms with Gasteiger partial charge in [-0.05, 0) is 0 Å². The number of aryl methyl sites for hydroxylation is 1. The average Bonchev–Trinajstić information content (AvgIpc) is 2.78. The molecular weight excluding hydrogens is 252 g/mol. The fourth-order valence-electron chi connectivity index (χ4n) is 1.47. The molecule has 1 heterocycles. The van der Waals surface area contributed by atoms with Crippen molar-refractivity contribution in [3.8, 4) is 0 Å². The minimum atomic E-state index is -0.572. The van der Waals surface area contributed by atoms with Crippen molar-refractivity contribution in [2.45, 2.75) is 19.6 Å². The number of rotatable bonds is 6. The highest BCUT2D eigenvalue weighted by atomic mass is 16.5.